The molecule has 5 nitrogen and oxygen atoms in total. The minimum atomic E-state index is -4.44. The molecule has 1 aromatic heterocycles. The standard InChI is InChI=1S/C24H16Cl2F3N3O2/c25-18-9-19(26)11-20(10-18)30-12-16-13-32(21-7-3-15(4-8-21)23(33)34)31-22(16)14-1-5-17(6-2-14)24(27,28)29/h1-11,13,30H,12H2,(H,33,34). The maximum absolute atomic E-state index is 13.0. The minimum absolute atomic E-state index is 0.124. The molecule has 1 heterocycles. The number of aromatic nitrogens is 2. The van der Waals surface area contributed by atoms with E-state index in [1.54, 1.807) is 41.2 Å². The van der Waals surface area contributed by atoms with E-state index in [0.29, 0.717) is 38.2 Å². The Morgan fingerprint density at radius 3 is 2.15 bits per heavy atom. The second-order valence-electron chi connectivity index (χ2n) is 7.39. The Hall–Kier alpha value is -3.49. The van der Waals surface area contributed by atoms with E-state index in [1.165, 1.54) is 24.3 Å². The highest BCUT2D eigenvalue weighted by Gasteiger charge is 2.30. The van der Waals surface area contributed by atoms with E-state index in [-0.39, 0.29) is 12.1 Å². The van der Waals surface area contributed by atoms with Gasteiger partial charge in [0.2, 0.25) is 0 Å². The van der Waals surface area contributed by atoms with Gasteiger partial charge in [-0.1, -0.05) is 35.3 Å². The summed E-state index contributed by atoms with van der Waals surface area (Å²) in [7, 11) is 0. The van der Waals surface area contributed by atoms with Gasteiger partial charge < -0.3 is 10.4 Å². The Bertz CT molecular complexity index is 1320. The summed E-state index contributed by atoms with van der Waals surface area (Å²) in [6.45, 7) is 0.278. The molecule has 10 heteroatoms. The first-order valence-corrected chi connectivity index (χ1v) is 10.7. The van der Waals surface area contributed by atoms with Gasteiger partial charge in [-0.2, -0.15) is 18.3 Å². The van der Waals surface area contributed by atoms with Crippen LogP contribution in [0, 0.1) is 0 Å². The Labute approximate surface area is 202 Å². The van der Waals surface area contributed by atoms with E-state index in [9.17, 15) is 18.0 Å². The molecule has 0 aliphatic carbocycles. The second kappa shape index (κ2) is 9.40. The molecule has 0 spiro atoms. The van der Waals surface area contributed by atoms with Crippen molar-refractivity contribution in [2.45, 2.75) is 12.7 Å². The molecular formula is C24H16Cl2F3N3O2. The summed E-state index contributed by atoms with van der Waals surface area (Å²) in [4.78, 5) is 11.1. The van der Waals surface area contributed by atoms with Crippen molar-refractivity contribution in [3.05, 3.63) is 99.7 Å². The molecule has 0 unspecified atom stereocenters. The number of benzene rings is 3. The number of aromatic carboxylic acids is 1. The van der Waals surface area contributed by atoms with Crippen molar-refractivity contribution in [2.75, 3.05) is 5.32 Å². The molecular weight excluding hydrogens is 490 g/mol. The van der Waals surface area contributed by atoms with Crippen LogP contribution in [0.25, 0.3) is 16.9 Å². The molecule has 0 saturated heterocycles. The van der Waals surface area contributed by atoms with Crippen LogP contribution in [-0.2, 0) is 12.7 Å². The van der Waals surface area contributed by atoms with Gasteiger partial charge in [0.1, 0.15) is 0 Å². The smallest absolute Gasteiger partial charge is 0.416 e. The number of hydrogen-bond acceptors (Lipinski definition) is 3. The number of nitrogens with zero attached hydrogens (tertiary/aromatic N) is 2. The van der Waals surface area contributed by atoms with Gasteiger partial charge in [-0.3, -0.25) is 0 Å². The predicted molar refractivity (Wildman–Crippen MR) is 125 cm³/mol. The van der Waals surface area contributed by atoms with Crippen molar-refractivity contribution in [2.24, 2.45) is 0 Å². The lowest BCUT2D eigenvalue weighted by molar-refractivity contribution is -0.137. The molecule has 4 aromatic rings. The summed E-state index contributed by atoms with van der Waals surface area (Å²) in [5.41, 5.74) is 2.28. The van der Waals surface area contributed by atoms with Crippen molar-refractivity contribution >= 4 is 34.9 Å². The second-order valence-corrected chi connectivity index (χ2v) is 8.26. The van der Waals surface area contributed by atoms with Crippen LogP contribution < -0.4 is 5.32 Å². The van der Waals surface area contributed by atoms with Gasteiger partial charge in [-0.05, 0) is 54.6 Å². The molecule has 0 aliphatic heterocycles. The van der Waals surface area contributed by atoms with E-state index in [0.717, 1.165) is 12.1 Å². The lowest BCUT2D eigenvalue weighted by Gasteiger charge is -2.09. The number of anilines is 1. The Kier molecular flexibility index (Phi) is 6.54. The van der Waals surface area contributed by atoms with Crippen molar-refractivity contribution in [1.29, 1.82) is 0 Å². The number of hydrogen-bond donors (Lipinski definition) is 2. The van der Waals surface area contributed by atoms with E-state index < -0.39 is 17.7 Å². The molecule has 3 aromatic carbocycles. The van der Waals surface area contributed by atoms with Crippen LogP contribution >= 0.6 is 23.2 Å². The van der Waals surface area contributed by atoms with Crippen LogP contribution in [0.3, 0.4) is 0 Å². The highest BCUT2D eigenvalue weighted by Crippen LogP contribution is 2.32. The molecule has 0 radical (unpaired) electrons. The molecule has 2 N–H and O–H groups in total. The molecule has 0 atom stereocenters. The molecule has 174 valence electrons. The van der Waals surface area contributed by atoms with Crippen molar-refractivity contribution < 1.29 is 23.1 Å². The summed E-state index contributed by atoms with van der Waals surface area (Å²) in [5, 5.41) is 17.8. The average Bonchev–Trinajstić information content (AvgIpc) is 3.21. The van der Waals surface area contributed by atoms with Gasteiger partial charge in [-0.15, -0.1) is 0 Å². The van der Waals surface area contributed by atoms with E-state index in [2.05, 4.69) is 10.4 Å². The third-order valence-corrected chi connectivity index (χ3v) is 5.44. The first-order chi connectivity index (χ1) is 16.1. The zero-order chi connectivity index (χ0) is 24.5. The Morgan fingerprint density at radius 1 is 0.971 bits per heavy atom. The summed E-state index contributed by atoms with van der Waals surface area (Å²) in [6.07, 6.45) is -2.72. The topological polar surface area (TPSA) is 67.2 Å². The van der Waals surface area contributed by atoms with Crippen LogP contribution in [0.4, 0.5) is 18.9 Å². The number of halogens is 5. The normalized spacial score (nSPS) is 11.4. The van der Waals surface area contributed by atoms with Crippen LogP contribution in [0.1, 0.15) is 21.5 Å². The first kappa shape index (κ1) is 23.7. The molecule has 0 saturated carbocycles. The van der Waals surface area contributed by atoms with Crippen LogP contribution in [0.2, 0.25) is 10.0 Å². The molecule has 34 heavy (non-hydrogen) atoms. The zero-order valence-corrected chi connectivity index (χ0v) is 18.8. The molecule has 0 amide bonds. The quantitative estimate of drug-likeness (QED) is 0.291. The predicted octanol–water partition coefficient (Wildman–Crippen LogP) is 7.18. The third kappa shape index (κ3) is 5.35. The third-order valence-electron chi connectivity index (χ3n) is 5.00. The van der Waals surface area contributed by atoms with Crippen molar-refractivity contribution in [3.63, 3.8) is 0 Å². The largest absolute Gasteiger partial charge is 0.478 e. The molecule has 4 rings (SSSR count). The Morgan fingerprint density at radius 2 is 1.59 bits per heavy atom. The van der Waals surface area contributed by atoms with Gasteiger partial charge in [0, 0.05) is 39.6 Å². The van der Waals surface area contributed by atoms with Crippen LogP contribution in [-0.4, -0.2) is 20.9 Å². The summed E-state index contributed by atoms with van der Waals surface area (Å²) >= 11 is 12.1. The molecule has 0 aliphatic rings. The number of nitrogens with one attached hydrogen (secondary N) is 1. The van der Waals surface area contributed by atoms with Gasteiger partial charge in [0.05, 0.1) is 22.5 Å². The van der Waals surface area contributed by atoms with Crippen molar-refractivity contribution in [3.8, 4) is 16.9 Å². The maximum atomic E-state index is 13.0. The van der Waals surface area contributed by atoms with Crippen LogP contribution in [0.5, 0.6) is 0 Å². The lowest BCUT2D eigenvalue weighted by Crippen LogP contribution is -2.04. The number of carbonyl (C=O) groups is 1. The lowest BCUT2D eigenvalue weighted by atomic mass is 10.1. The zero-order valence-electron chi connectivity index (χ0n) is 17.3. The summed E-state index contributed by atoms with van der Waals surface area (Å²) < 4.78 is 40.5. The Balaban J connectivity index is 1.70. The van der Waals surface area contributed by atoms with Gasteiger partial charge in [0.25, 0.3) is 0 Å². The van der Waals surface area contributed by atoms with E-state index in [4.69, 9.17) is 28.3 Å². The van der Waals surface area contributed by atoms with Gasteiger partial charge in [0.15, 0.2) is 0 Å². The SMILES string of the molecule is O=C(O)c1ccc(-n2cc(CNc3cc(Cl)cc(Cl)c3)c(-c3ccc(C(F)(F)F)cc3)n2)cc1. The molecule has 0 bridgehead atoms. The fourth-order valence-corrected chi connectivity index (χ4v) is 3.87. The number of carboxylic acids is 1. The first-order valence-electron chi connectivity index (χ1n) is 9.90. The maximum Gasteiger partial charge on any atom is 0.416 e. The van der Waals surface area contributed by atoms with Crippen LogP contribution in [0.15, 0.2) is 72.9 Å². The summed E-state index contributed by atoms with van der Waals surface area (Å²) in [6, 6.07) is 15.8. The monoisotopic (exact) mass is 505 g/mol. The van der Waals surface area contributed by atoms with E-state index >= 15 is 0 Å². The number of carboxylic acid groups (broad SMARTS) is 1. The molecule has 0 fully saturated rings. The highest BCUT2D eigenvalue weighted by atomic mass is 35.5. The van der Waals surface area contributed by atoms with Crippen molar-refractivity contribution in [1.82, 2.24) is 9.78 Å². The van der Waals surface area contributed by atoms with Gasteiger partial charge >= 0.3 is 12.1 Å². The minimum Gasteiger partial charge on any atom is -0.478 e. The average molecular weight is 506 g/mol. The van der Waals surface area contributed by atoms with E-state index in [1.807, 2.05) is 0 Å². The number of rotatable bonds is 6. The fraction of sp³-hybridized carbons (Fsp3) is 0.0833. The summed E-state index contributed by atoms with van der Waals surface area (Å²) in [5.74, 6) is -1.05. The fourth-order valence-electron chi connectivity index (χ4n) is 3.34. The number of alkyl halides is 3. The highest BCUT2D eigenvalue weighted by molar-refractivity contribution is 6.35. The van der Waals surface area contributed by atoms with Gasteiger partial charge in [-0.25, -0.2) is 9.48 Å².